The summed E-state index contributed by atoms with van der Waals surface area (Å²) in [5, 5.41) is 3.62. The molecule has 1 aliphatic heterocycles. The summed E-state index contributed by atoms with van der Waals surface area (Å²) in [6.07, 6.45) is 9.62. The Morgan fingerprint density at radius 2 is 2.24 bits per heavy atom. The second kappa shape index (κ2) is 9.00. The van der Waals surface area contributed by atoms with E-state index in [1.54, 1.807) is 6.20 Å². The van der Waals surface area contributed by atoms with Crippen molar-refractivity contribution in [2.24, 2.45) is 0 Å². The van der Waals surface area contributed by atoms with Crippen LogP contribution >= 0.6 is 0 Å². The lowest BCUT2D eigenvalue weighted by Crippen LogP contribution is -2.36. The van der Waals surface area contributed by atoms with Gasteiger partial charge in [-0.2, -0.15) is 0 Å². The Labute approximate surface area is 128 Å². The predicted octanol–water partition coefficient (Wildman–Crippen LogP) is 3.48. The van der Waals surface area contributed by atoms with E-state index in [1.165, 1.54) is 18.4 Å². The van der Waals surface area contributed by atoms with E-state index in [-0.39, 0.29) is 12.1 Å². The van der Waals surface area contributed by atoms with Gasteiger partial charge in [0.15, 0.2) is 0 Å². The Hall–Kier alpha value is -1.13. The Kier molecular flexibility index (Phi) is 6.96. The minimum absolute atomic E-state index is 0.211. The first kappa shape index (κ1) is 16.2. The third-order valence-electron chi connectivity index (χ3n) is 3.77. The number of hydrogen-bond acceptors (Lipinski definition) is 4. The van der Waals surface area contributed by atoms with Crippen molar-refractivity contribution in [2.45, 2.75) is 58.1 Å². The molecule has 2 rings (SSSR count). The van der Waals surface area contributed by atoms with Gasteiger partial charge < -0.3 is 14.8 Å². The fourth-order valence-electron chi connectivity index (χ4n) is 2.70. The monoisotopic (exact) mass is 292 g/mol. The maximum atomic E-state index is 5.98. The number of rotatable bonds is 8. The average molecular weight is 292 g/mol. The molecule has 1 aromatic rings. The number of nitrogens with zero attached hydrogens (tertiary/aromatic N) is 1. The third-order valence-corrected chi connectivity index (χ3v) is 3.77. The number of ether oxygens (including phenoxy) is 2. The van der Waals surface area contributed by atoms with E-state index >= 15 is 0 Å². The highest BCUT2D eigenvalue weighted by molar-refractivity contribution is 5.27. The van der Waals surface area contributed by atoms with Gasteiger partial charge in [-0.3, -0.25) is 4.98 Å². The van der Waals surface area contributed by atoms with Crippen LogP contribution in [0.5, 0.6) is 5.75 Å². The Balaban J connectivity index is 2.10. The van der Waals surface area contributed by atoms with E-state index in [1.807, 2.05) is 6.20 Å². The van der Waals surface area contributed by atoms with Crippen molar-refractivity contribution >= 4 is 0 Å². The first-order valence-electron chi connectivity index (χ1n) is 8.27. The largest absolute Gasteiger partial charge is 0.492 e. The van der Waals surface area contributed by atoms with Gasteiger partial charge in [-0.05, 0) is 50.3 Å². The molecule has 0 saturated carbocycles. The van der Waals surface area contributed by atoms with E-state index in [0.717, 1.165) is 44.8 Å². The van der Waals surface area contributed by atoms with Gasteiger partial charge in [0.1, 0.15) is 5.75 Å². The van der Waals surface area contributed by atoms with E-state index in [2.05, 4.69) is 30.2 Å². The quantitative estimate of drug-likeness (QED) is 0.796. The molecule has 0 amide bonds. The molecule has 2 unspecified atom stereocenters. The molecule has 1 saturated heterocycles. The van der Waals surface area contributed by atoms with E-state index in [9.17, 15) is 0 Å². The Morgan fingerprint density at radius 1 is 1.33 bits per heavy atom. The normalized spacial score (nSPS) is 20.2. The molecule has 0 aromatic carbocycles. The molecule has 1 aliphatic rings. The van der Waals surface area contributed by atoms with Crippen molar-refractivity contribution in [1.29, 1.82) is 0 Å². The number of nitrogens with one attached hydrogen (secondary N) is 1. The fourth-order valence-corrected chi connectivity index (χ4v) is 2.70. The summed E-state index contributed by atoms with van der Waals surface area (Å²) in [5.74, 6) is 0.855. The molecule has 4 nitrogen and oxygen atoms in total. The standard InChI is InChI=1S/C17H28N2O2/c1-3-8-19-17(16-7-5-6-10-21-16)14-11-15(13-18-12-14)20-9-4-2/h11-13,16-17,19H,3-10H2,1-2H3. The highest BCUT2D eigenvalue weighted by atomic mass is 16.5. The van der Waals surface area contributed by atoms with E-state index < -0.39 is 0 Å². The van der Waals surface area contributed by atoms with Crippen molar-refractivity contribution in [1.82, 2.24) is 10.3 Å². The molecule has 0 aliphatic carbocycles. The second-order valence-electron chi connectivity index (χ2n) is 5.64. The summed E-state index contributed by atoms with van der Waals surface area (Å²) in [7, 11) is 0. The highest BCUT2D eigenvalue weighted by Gasteiger charge is 2.26. The van der Waals surface area contributed by atoms with Crippen LogP contribution in [-0.4, -0.2) is 30.8 Å². The molecule has 21 heavy (non-hydrogen) atoms. The van der Waals surface area contributed by atoms with Gasteiger partial charge in [0, 0.05) is 12.8 Å². The SMILES string of the molecule is CCCNC(c1cncc(OCCC)c1)C1CCCCO1. The first-order chi connectivity index (χ1) is 10.3. The maximum Gasteiger partial charge on any atom is 0.137 e. The third kappa shape index (κ3) is 4.97. The lowest BCUT2D eigenvalue weighted by atomic mass is 9.96. The molecule has 1 N–H and O–H groups in total. The van der Waals surface area contributed by atoms with Crippen molar-refractivity contribution < 1.29 is 9.47 Å². The van der Waals surface area contributed by atoms with Gasteiger partial charge in [0.2, 0.25) is 0 Å². The van der Waals surface area contributed by atoms with Crippen molar-refractivity contribution in [3.63, 3.8) is 0 Å². The van der Waals surface area contributed by atoms with Crippen LogP contribution in [0.4, 0.5) is 0 Å². The molecule has 118 valence electrons. The maximum absolute atomic E-state index is 5.98. The van der Waals surface area contributed by atoms with Gasteiger partial charge in [0.05, 0.1) is 24.9 Å². The van der Waals surface area contributed by atoms with Gasteiger partial charge in [-0.1, -0.05) is 13.8 Å². The zero-order valence-electron chi connectivity index (χ0n) is 13.3. The first-order valence-corrected chi connectivity index (χ1v) is 8.27. The van der Waals surface area contributed by atoms with Gasteiger partial charge in [-0.25, -0.2) is 0 Å². The molecule has 0 spiro atoms. The second-order valence-corrected chi connectivity index (χ2v) is 5.64. The van der Waals surface area contributed by atoms with E-state index in [0.29, 0.717) is 0 Å². The van der Waals surface area contributed by atoms with Crippen LogP contribution in [0.2, 0.25) is 0 Å². The summed E-state index contributed by atoms with van der Waals surface area (Å²) < 4.78 is 11.7. The summed E-state index contributed by atoms with van der Waals surface area (Å²) >= 11 is 0. The van der Waals surface area contributed by atoms with Gasteiger partial charge >= 0.3 is 0 Å². The Morgan fingerprint density at radius 3 is 2.95 bits per heavy atom. The molecule has 1 fully saturated rings. The summed E-state index contributed by atoms with van der Waals surface area (Å²) in [6.45, 7) is 6.89. The minimum Gasteiger partial charge on any atom is -0.492 e. The van der Waals surface area contributed by atoms with Crippen molar-refractivity contribution in [2.75, 3.05) is 19.8 Å². The van der Waals surface area contributed by atoms with Crippen LogP contribution < -0.4 is 10.1 Å². The number of hydrogen-bond donors (Lipinski definition) is 1. The van der Waals surface area contributed by atoms with Crippen molar-refractivity contribution in [3.05, 3.63) is 24.0 Å². The Bertz CT molecular complexity index is 406. The lowest BCUT2D eigenvalue weighted by Gasteiger charge is -2.31. The average Bonchev–Trinajstić information content (AvgIpc) is 2.55. The molecule has 4 heteroatoms. The summed E-state index contributed by atoms with van der Waals surface area (Å²) in [5.41, 5.74) is 1.17. The molecule has 2 heterocycles. The molecule has 0 radical (unpaired) electrons. The predicted molar refractivity (Wildman–Crippen MR) is 84.6 cm³/mol. The van der Waals surface area contributed by atoms with Crippen LogP contribution in [0.1, 0.15) is 57.6 Å². The van der Waals surface area contributed by atoms with E-state index in [4.69, 9.17) is 9.47 Å². The topological polar surface area (TPSA) is 43.4 Å². The fraction of sp³-hybridized carbons (Fsp3) is 0.706. The van der Waals surface area contributed by atoms with Crippen LogP contribution in [0.25, 0.3) is 0 Å². The summed E-state index contributed by atoms with van der Waals surface area (Å²) in [4.78, 5) is 4.34. The molecule has 0 bridgehead atoms. The van der Waals surface area contributed by atoms with Crippen LogP contribution in [0, 0.1) is 0 Å². The lowest BCUT2D eigenvalue weighted by molar-refractivity contribution is -0.00826. The smallest absolute Gasteiger partial charge is 0.137 e. The van der Waals surface area contributed by atoms with Crippen molar-refractivity contribution in [3.8, 4) is 5.75 Å². The molecular formula is C17H28N2O2. The zero-order chi connectivity index (χ0) is 14.9. The van der Waals surface area contributed by atoms with Crippen LogP contribution in [-0.2, 0) is 4.74 Å². The van der Waals surface area contributed by atoms with Gasteiger partial charge in [-0.15, -0.1) is 0 Å². The zero-order valence-corrected chi connectivity index (χ0v) is 13.3. The number of pyridine rings is 1. The number of aromatic nitrogens is 1. The molecular weight excluding hydrogens is 264 g/mol. The molecule has 2 atom stereocenters. The van der Waals surface area contributed by atoms with Crippen LogP contribution in [0.15, 0.2) is 18.5 Å². The highest BCUT2D eigenvalue weighted by Crippen LogP contribution is 2.28. The summed E-state index contributed by atoms with van der Waals surface area (Å²) in [6, 6.07) is 2.32. The minimum atomic E-state index is 0.211. The van der Waals surface area contributed by atoms with Crippen LogP contribution in [0.3, 0.4) is 0 Å². The molecule has 1 aromatic heterocycles. The van der Waals surface area contributed by atoms with Gasteiger partial charge in [0.25, 0.3) is 0 Å².